The predicted molar refractivity (Wildman–Crippen MR) is 85.2 cm³/mol. The van der Waals surface area contributed by atoms with Crippen molar-refractivity contribution in [1.82, 2.24) is 34.5 Å². The van der Waals surface area contributed by atoms with Gasteiger partial charge in [0.15, 0.2) is 17.0 Å². The molecule has 3 heterocycles. The van der Waals surface area contributed by atoms with E-state index in [0.717, 1.165) is 0 Å². The zero-order valence-electron chi connectivity index (χ0n) is 13.7. The number of aromatic nitrogens is 7. The number of esters is 1. The van der Waals surface area contributed by atoms with E-state index in [2.05, 4.69) is 25.1 Å². The summed E-state index contributed by atoms with van der Waals surface area (Å²) >= 11 is 0. The Hall–Kier alpha value is -3.04. The van der Waals surface area contributed by atoms with Gasteiger partial charge in [-0.15, -0.1) is 4.80 Å². The van der Waals surface area contributed by atoms with Crippen LogP contribution >= 0.6 is 0 Å². The first kappa shape index (κ1) is 15.8. The summed E-state index contributed by atoms with van der Waals surface area (Å²) in [6, 6.07) is 0. The van der Waals surface area contributed by atoms with Crippen molar-refractivity contribution >= 4 is 23.0 Å². The molecule has 24 heavy (non-hydrogen) atoms. The zero-order valence-corrected chi connectivity index (χ0v) is 13.7. The van der Waals surface area contributed by atoms with E-state index >= 15 is 0 Å². The molecule has 0 saturated carbocycles. The van der Waals surface area contributed by atoms with Crippen LogP contribution < -0.4 is 5.73 Å². The summed E-state index contributed by atoms with van der Waals surface area (Å²) in [5, 5.41) is 8.13. The molecule has 0 aliphatic heterocycles. The molecule has 3 aromatic rings. The van der Waals surface area contributed by atoms with Crippen LogP contribution in [0.25, 0.3) is 17.1 Å². The Morgan fingerprint density at radius 3 is 2.67 bits per heavy atom. The number of nitrogens with zero attached hydrogens (tertiary/aromatic N) is 7. The number of carbonyl (C=O) groups is 1. The first-order valence-corrected chi connectivity index (χ1v) is 7.48. The summed E-state index contributed by atoms with van der Waals surface area (Å²) in [6.45, 7) is 3.21. The van der Waals surface area contributed by atoms with Crippen molar-refractivity contribution in [2.24, 2.45) is 7.05 Å². The maximum atomic E-state index is 11.0. The molecule has 3 rings (SSSR count). The van der Waals surface area contributed by atoms with Gasteiger partial charge < -0.3 is 10.5 Å². The molecule has 0 amide bonds. The number of ether oxygens (including phenoxy) is 1. The van der Waals surface area contributed by atoms with Crippen LogP contribution in [0.2, 0.25) is 0 Å². The minimum atomic E-state index is -0.304. The van der Waals surface area contributed by atoms with Crippen LogP contribution in [-0.2, 0) is 23.0 Å². The number of hydrogen-bond acceptors (Lipinski definition) is 8. The van der Waals surface area contributed by atoms with Crippen LogP contribution in [-0.4, -0.2) is 46.6 Å². The Kier molecular flexibility index (Phi) is 4.11. The summed E-state index contributed by atoms with van der Waals surface area (Å²) in [7, 11) is 1.81. The Balaban J connectivity index is 1.89. The van der Waals surface area contributed by atoms with Gasteiger partial charge in [0.05, 0.1) is 18.5 Å². The third-order valence-corrected chi connectivity index (χ3v) is 3.51. The van der Waals surface area contributed by atoms with Crippen molar-refractivity contribution in [2.45, 2.75) is 32.8 Å². The number of aryl methyl sites for hydroxylation is 2. The summed E-state index contributed by atoms with van der Waals surface area (Å²) in [5.41, 5.74) is 7.12. The van der Waals surface area contributed by atoms with E-state index in [4.69, 9.17) is 10.5 Å². The number of nitrogen functional groups attached to an aromatic ring is 1. The van der Waals surface area contributed by atoms with Gasteiger partial charge in [-0.25, -0.2) is 15.0 Å². The summed E-state index contributed by atoms with van der Waals surface area (Å²) in [6.07, 6.45) is 4.07. The van der Waals surface area contributed by atoms with Gasteiger partial charge in [0.2, 0.25) is 0 Å². The topological polar surface area (TPSA) is 127 Å². The molecule has 0 saturated heterocycles. The molecule has 0 aliphatic rings. The van der Waals surface area contributed by atoms with E-state index in [1.165, 1.54) is 11.7 Å². The van der Waals surface area contributed by atoms with Gasteiger partial charge in [0.1, 0.15) is 5.82 Å². The number of nitrogens with two attached hydrogens (primary N) is 1. The van der Waals surface area contributed by atoms with E-state index in [0.29, 0.717) is 41.6 Å². The van der Waals surface area contributed by atoms with Gasteiger partial charge in [-0.05, 0) is 13.3 Å². The van der Waals surface area contributed by atoms with Crippen LogP contribution in [0.4, 0.5) is 5.82 Å². The van der Waals surface area contributed by atoms with Gasteiger partial charge in [-0.2, -0.15) is 10.2 Å². The van der Waals surface area contributed by atoms with Crippen molar-refractivity contribution in [2.75, 3.05) is 5.73 Å². The minimum absolute atomic E-state index is 0.210. The molecule has 126 valence electrons. The van der Waals surface area contributed by atoms with Crippen LogP contribution in [0.15, 0.2) is 12.4 Å². The molecule has 3 aromatic heterocycles. The first-order valence-electron chi connectivity index (χ1n) is 7.48. The highest BCUT2D eigenvalue weighted by atomic mass is 16.5. The average Bonchev–Trinajstić information content (AvgIpc) is 3.13. The Bertz CT molecular complexity index is 871. The fraction of sp³-hybridized carbons (Fsp3) is 0.429. The maximum absolute atomic E-state index is 11.0. The maximum Gasteiger partial charge on any atom is 0.302 e. The summed E-state index contributed by atoms with van der Waals surface area (Å²) in [4.78, 5) is 25.6. The Morgan fingerprint density at radius 1 is 1.29 bits per heavy atom. The predicted octanol–water partition coefficient (Wildman–Crippen LogP) is 0.410. The number of rotatable bonds is 5. The van der Waals surface area contributed by atoms with Gasteiger partial charge >= 0.3 is 5.97 Å². The van der Waals surface area contributed by atoms with Crippen LogP contribution in [0.3, 0.4) is 0 Å². The second-order valence-electron chi connectivity index (χ2n) is 5.45. The minimum Gasteiger partial charge on any atom is -0.463 e. The van der Waals surface area contributed by atoms with Crippen LogP contribution in [0.1, 0.15) is 26.1 Å². The van der Waals surface area contributed by atoms with Gasteiger partial charge in [-0.1, -0.05) is 0 Å². The smallest absolute Gasteiger partial charge is 0.302 e. The molecule has 10 heteroatoms. The Morgan fingerprint density at radius 2 is 2.00 bits per heavy atom. The molecule has 1 atom stereocenters. The number of anilines is 1. The molecule has 0 radical (unpaired) electrons. The fourth-order valence-electron chi connectivity index (χ4n) is 2.40. The van der Waals surface area contributed by atoms with Crippen molar-refractivity contribution < 1.29 is 9.53 Å². The Labute approximate surface area is 137 Å². The monoisotopic (exact) mass is 330 g/mol. The lowest BCUT2D eigenvalue weighted by Crippen LogP contribution is -2.14. The standard InChI is InChI=1S/C14H18N8O2/c1-8(24-9(2)23)4-5-10-18-12(15)11-13(19-10)21(3)14(20-11)22-16-6-7-17-22/h6-8H,4-5H2,1-3H3,(H2,15,18,19)/t8-/m1/s1. The van der Waals surface area contributed by atoms with E-state index in [1.54, 1.807) is 17.0 Å². The SMILES string of the molecule is CC(=O)O[C@H](C)CCc1nc(N)c2nc(-n3nccn3)n(C)c2n1. The van der Waals surface area contributed by atoms with Gasteiger partial charge in [-0.3, -0.25) is 9.36 Å². The number of imidazole rings is 1. The van der Waals surface area contributed by atoms with Gasteiger partial charge in [0.25, 0.3) is 5.95 Å². The molecule has 0 bridgehead atoms. The number of hydrogen-bond donors (Lipinski definition) is 1. The molecular weight excluding hydrogens is 312 g/mol. The van der Waals surface area contributed by atoms with Gasteiger partial charge in [0, 0.05) is 20.4 Å². The quantitative estimate of drug-likeness (QED) is 0.666. The van der Waals surface area contributed by atoms with E-state index in [-0.39, 0.29) is 12.1 Å². The lowest BCUT2D eigenvalue weighted by Gasteiger charge is -2.11. The third kappa shape index (κ3) is 3.03. The summed E-state index contributed by atoms with van der Waals surface area (Å²) < 4.78 is 6.86. The van der Waals surface area contributed by atoms with Crippen molar-refractivity contribution in [3.05, 3.63) is 18.2 Å². The normalized spacial score (nSPS) is 12.5. The third-order valence-electron chi connectivity index (χ3n) is 3.51. The number of fused-ring (bicyclic) bond motifs is 1. The molecular formula is C14H18N8O2. The second-order valence-corrected chi connectivity index (χ2v) is 5.45. The van der Waals surface area contributed by atoms with E-state index < -0.39 is 0 Å². The molecule has 0 unspecified atom stereocenters. The highest BCUT2D eigenvalue weighted by Crippen LogP contribution is 2.20. The molecule has 0 aromatic carbocycles. The lowest BCUT2D eigenvalue weighted by atomic mass is 10.2. The molecule has 0 spiro atoms. The largest absolute Gasteiger partial charge is 0.463 e. The van der Waals surface area contributed by atoms with Crippen LogP contribution in [0, 0.1) is 0 Å². The lowest BCUT2D eigenvalue weighted by molar-refractivity contribution is -0.145. The zero-order chi connectivity index (χ0) is 17.3. The summed E-state index contributed by atoms with van der Waals surface area (Å²) in [5.74, 6) is 1.06. The second kappa shape index (κ2) is 6.22. The molecule has 0 fully saturated rings. The van der Waals surface area contributed by atoms with Crippen molar-refractivity contribution in [1.29, 1.82) is 0 Å². The first-order chi connectivity index (χ1) is 11.5. The highest BCUT2D eigenvalue weighted by molar-refractivity contribution is 5.83. The molecule has 10 nitrogen and oxygen atoms in total. The van der Waals surface area contributed by atoms with E-state index in [9.17, 15) is 4.79 Å². The van der Waals surface area contributed by atoms with Crippen LogP contribution in [0.5, 0.6) is 0 Å². The average molecular weight is 330 g/mol. The molecule has 2 N–H and O–H groups in total. The number of carbonyl (C=O) groups excluding carboxylic acids is 1. The fourth-order valence-corrected chi connectivity index (χ4v) is 2.40. The highest BCUT2D eigenvalue weighted by Gasteiger charge is 2.17. The van der Waals surface area contributed by atoms with E-state index in [1.807, 2.05) is 14.0 Å². The van der Waals surface area contributed by atoms with Crippen molar-refractivity contribution in [3.63, 3.8) is 0 Å². The molecule has 0 aliphatic carbocycles. The van der Waals surface area contributed by atoms with Crippen molar-refractivity contribution in [3.8, 4) is 5.95 Å².